The second kappa shape index (κ2) is 10.3. The number of hydrogen-bond acceptors (Lipinski definition) is 3. The van der Waals surface area contributed by atoms with Gasteiger partial charge < -0.3 is 10.6 Å². The molecule has 0 heterocycles. The Hall–Kier alpha value is -0.0900. The maximum absolute atomic E-state index is 12.0. The molecule has 0 atom stereocenters. The van der Waals surface area contributed by atoms with Gasteiger partial charge in [0.2, 0.25) is 10.0 Å². The van der Waals surface area contributed by atoms with Crippen molar-refractivity contribution in [1.82, 2.24) is 15.4 Å². The van der Waals surface area contributed by atoms with Gasteiger partial charge in [-0.25, -0.2) is 13.1 Å². The highest BCUT2D eigenvalue weighted by Gasteiger charge is 2.27. The third-order valence-corrected chi connectivity index (χ3v) is 6.73. The van der Waals surface area contributed by atoms with Crippen LogP contribution in [0.3, 0.4) is 0 Å². The van der Waals surface area contributed by atoms with E-state index in [9.17, 15) is 8.42 Å². The Balaban J connectivity index is 0.00000312. The topological polar surface area (TPSA) is 82.6 Å². The number of nitrogens with one attached hydrogen (secondary N) is 3. The SMILES string of the molecule is CN=C(NCCS(=O)(=O)NCC1CCC1)NC1CCC(C)(C)CC1.I. The van der Waals surface area contributed by atoms with E-state index in [0.29, 0.717) is 36.4 Å². The zero-order chi connectivity index (χ0) is 17.6. The van der Waals surface area contributed by atoms with Crippen molar-refractivity contribution in [2.75, 3.05) is 25.9 Å². The summed E-state index contributed by atoms with van der Waals surface area (Å²) in [5, 5.41) is 6.55. The van der Waals surface area contributed by atoms with Crippen LogP contribution in [0.15, 0.2) is 4.99 Å². The highest BCUT2D eigenvalue weighted by atomic mass is 127. The summed E-state index contributed by atoms with van der Waals surface area (Å²) >= 11 is 0. The summed E-state index contributed by atoms with van der Waals surface area (Å²) in [7, 11) is -1.47. The van der Waals surface area contributed by atoms with Gasteiger partial charge in [-0.2, -0.15) is 0 Å². The van der Waals surface area contributed by atoms with Gasteiger partial charge in [0.25, 0.3) is 0 Å². The molecule has 0 saturated heterocycles. The molecule has 0 bridgehead atoms. The first-order chi connectivity index (χ1) is 11.3. The lowest BCUT2D eigenvalue weighted by molar-refractivity contribution is 0.216. The third kappa shape index (κ3) is 8.43. The molecule has 2 saturated carbocycles. The Morgan fingerprint density at radius 1 is 1.16 bits per heavy atom. The molecule has 0 aromatic rings. The third-order valence-electron chi connectivity index (χ3n) is 5.38. The molecule has 0 spiro atoms. The van der Waals surface area contributed by atoms with E-state index in [1.165, 1.54) is 19.3 Å². The van der Waals surface area contributed by atoms with E-state index < -0.39 is 10.0 Å². The Morgan fingerprint density at radius 3 is 2.32 bits per heavy atom. The molecule has 3 N–H and O–H groups in total. The van der Waals surface area contributed by atoms with Gasteiger partial charge in [0, 0.05) is 26.2 Å². The maximum Gasteiger partial charge on any atom is 0.213 e. The smallest absolute Gasteiger partial charge is 0.213 e. The summed E-state index contributed by atoms with van der Waals surface area (Å²) in [6.45, 7) is 5.60. The second-order valence-electron chi connectivity index (χ2n) is 8.05. The fourth-order valence-electron chi connectivity index (χ4n) is 3.25. The van der Waals surface area contributed by atoms with Crippen LogP contribution >= 0.6 is 24.0 Å². The van der Waals surface area contributed by atoms with Crippen LogP contribution in [0, 0.1) is 11.3 Å². The molecular formula is C17H35IN4O2S. The van der Waals surface area contributed by atoms with Gasteiger partial charge in [-0.05, 0) is 49.9 Å². The molecule has 2 aliphatic carbocycles. The monoisotopic (exact) mass is 486 g/mol. The van der Waals surface area contributed by atoms with Crippen molar-refractivity contribution in [2.24, 2.45) is 16.3 Å². The molecular weight excluding hydrogens is 451 g/mol. The minimum atomic E-state index is -3.20. The Morgan fingerprint density at radius 2 is 1.80 bits per heavy atom. The van der Waals surface area contributed by atoms with E-state index in [4.69, 9.17) is 0 Å². The molecule has 2 rings (SSSR count). The van der Waals surface area contributed by atoms with Gasteiger partial charge >= 0.3 is 0 Å². The lowest BCUT2D eigenvalue weighted by Crippen LogP contribution is -2.47. The Bertz CT molecular complexity index is 523. The molecule has 0 radical (unpaired) electrons. The number of nitrogens with zero attached hydrogens (tertiary/aromatic N) is 1. The lowest BCUT2D eigenvalue weighted by atomic mass is 9.75. The standard InChI is InChI=1S/C17H34N4O2S.HI/c1-17(2)9-7-15(8-10-17)21-16(18-3)19-11-12-24(22,23)20-13-14-5-4-6-14;/h14-15,20H,4-13H2,1-3H3,(H2,18,19,21);1H. The van der Waals surface area contributed by atoms with E-state index in [-0.39, 0.29) is 29.7 Å². The average Bonchev–Trinajstić information content (AvgIpc) is 2.46. The van der Waals surface area contributed by atoms with Crippen molar-refractivity contribution in [3.8, 4) is 0 Å². The quantitative estimate of drug-likeness (QED) is 0.293. The van der Waals surface area contributed by atoms with Crippen molar-refractivity contribution in [1.29, 1.82) is 0 Å². The summed E-state index contributed by atoms with van der Waals surface area (Å²) < 4.78 is 26.7. The predicted octanol–water partition coefficient (Wildman–Crippen LogP) is 2.46. The largest absolute Gasteiger partial charge is 0.355 e. The summed E-state index contributed by atoms with van der Waals surface area (Å²) in [5.74, 6) is 1.32. The molecule has 0 unspecified atom stereocenters. The van der Waals surface area contributed by atoms with Crippen LogP contribution < -0.4 is 15.4 Å². The fraction of sp³-hybridized carbons (Fsp3) is 0.941. The van der Waals surface area contributed by atoms with Crippen LogP contribution in [0.25, 0.3) is 0 Å². The Labute approximate surface area is 170 Å². The predicted molar refractivity (Wildman–Crippen MR) is 115 cm³/mol. The Kier molecular flexibility index (Phi) is 9.45. The number of hydrogen-bond donors (Lipinski definition) is 3. The van der Waals surface area contributed by atoms with Crippen LogP contribution in [0.2, 0.25) is 0 Å². The summed E-state index contributed by atoms with van der Waals surface area (Å²) in [6.07, 6.45) is 8.21. The first kappa shape index (κ1) is 23.0. The molecule has 0 aromatic carbocycles. The minimum absolute atomic E-state index is 0. The van der Waals surface area contributed by atoms with Gasteiger partial charge in [0.1, 0.15) is 0 Å². The van der Waals surface area contributed by atoms with Crippen molar-refractivity contribution in [2.45, 2.75) is 64.8 Å². The van der Waals surface area contributed by atoms with Gasteiger partial charge in [0.15, 0.2) is 5.96 Å². The van der Waals surface area contributed by atoms with Crippen molar-refractivity contribution >= 4 is 40.0 Å². The molecule has 2 aliphatic rings. The number of guanidine groups is 1. The number of aliphatic imine (C=N–C) groups is 1. The second-order valence-corrected chi connectivity index (χ2v) is 9.97. The van der Waals surface area contributed by atoms with Crippen LogP contribution in [0.1, 0.15) is 58.8 Å². The normalized spacial score (nSPS) is 22.0. The number of halogens is 1. The molecule has 0 aliphatic heterocycles. The van der Waals surface area contributed by atoms with Crippen molar-refractivity contribution in [3.63, 3.8) is 0 Å². The molecule has 148 valence electrons. The fourth-order valence-corrected chi connectivity index (χ4v) is 4.25. The van der Waals surface area contributed by atoms with Gasteiger partial charge in [-0.15, -0.1) is 24.0 Å². The number of sulfonamides is 1. The van der Waals surface area contributed by atoms with Crippen LogP contribution in [0.5, 0.6) is 0 Å². The van der Waals surface area contributed by atoms with Gasteiger partial charge in [-0.3, -0.25) is 4.99 Å². The zero-order valence-electron chi connectivity index (χ0n) is 15.8. The van der Waals surface area contributed by atoms with E-state index >= 15 is 0 Å². The highest BCUT2D eigenvalue weighted by Crippen LogP contribution is 2.34. The number of rotatable bonds is 7. The van der Waals surface area contributed by atoms with Crippen molar-refractivity contribution < 1.29 is 8.42 Å². The molecule has 8 heteroatoms. The van der Waals surface area contributed by atoms with E-state index in [1.54, 1.807) is 7.05 Å². The van der Waals surface area contributed by atoms with E-state index in [1.807, 2.05) is 0 Å². The van der Waals surface area contributed by atoms with Crippen LogP contribution in [-0.4, -0.2) is 46.3 Å². The summed E-state index contributed by atoms with van der Waals surface area (Å²) in [4.78, 5) is 4.21. The van der Waals surface area contributed by atoms with Crippen LogP contribution in [-0.2, 0) is 10.0 Å². The van der Waals surface area contributed by atoms with E-state index in [2.05, 4.69) is 34.2 Å². The molecule has 25 heavy (non-hydrogen) atoms. The maximum atomic E-state index is 12.0. The summed E-state index contributed by atoms with van der Waals surface area (Å²) in [5.41, 5.74) is 0.440. The summed E-state index contributed by atoms with van der Waals surface area (Å²) in [6, 6.07) is 0.428. The van der Waals surface area contributed by atoms with E-state index in [0.717, 1.165) is 25.7 Å². The van der Waals surface area contributed by atoms with Crippen LogP contribution in [0.4, 0.5) is 0 Å². The first-order valence-corrected chi connectivity index (χ1v) is 10.9. The lowest BCUT2D eigenvalue weighted by Gasteiger charge is -2.35. The highest BCUT2D eigenvalue weighted by molar-refractivity contribution is 14.0. The first-order valence-electron chi connectivity index (χ1n) is 9.24. The van der Waals surface area contributed by atoms with Gasteiger partial charge in [0.05, 0.1) is 5.75 Å². The minimum Gasteiger partial charge on any atom is -0.355 e. The van der Waals surface area contributed by atoms with Crippen molar-refractivity contribution in [3.05, 3.63) is 0 Å². The molecule has 0 aromatic heterocycles. The van der Waals surface area contributed by atoms with Gasteiger partial charge in [-0.1, -0.05) is 20.3 Å². The zero-order valence-corrected chi connectivity index (χ0v) is 19.0. The molecule has 2 fully saturated rings. The molecule has 6 nitrogen and oxygen atoms in total. The average molecular weight is 486 g/mol. The molecule has 0 amide bonds.